The molecule has 1 aliphatic heterocycles. The summed E-state index contributed by atoms with van der Waals surface area (Å²) < 4.78 is 5.54. The minimum atomic E-state index is 0.301. The van der Waals surface area contributed by atoms with E-state index in [9.17, 15) is 4.79 Å². The van der Waals surface area contributed by atoms with Crippen molar-refractivity contribution in [2.45, 2.75) is 12.8 Å². The molecular weight excluding hydrogens is 296 g/mol. The van der Waals surface area contributed by atoms with Crippen LogP contribution < -0.4 is 4.74 Å². The predicted octanol–water partition coefficient (Wildman–Crippen LogP) is 5.06. The smallest absolute Gasteiger partial charge is 0.163 e. The third-order valence-electron chi connectivity index (χ3n) is 4.49. The molecule has 0 bridgehead atoms. The fraction of sp³-hybridized carbons (Fsp3) is 0.136. The molecule has 2 heteroatoms. The van der Waals surface area contributed by atoms with Gasteiger partial charge in [-0.1, -0.05) is 60.7 Å². The van der Waals surface area contributed by atoms with Gasteiger partial charge in [0.2, 0.25) is 0 Å². The molecule has 0 spiro atoms. The molecule has 2 aliphatic rings. The second kappa shape index (κ2) is 6.32. The van der Waals surface area contributed by atoms with Gasteiger partial charge >= 0.3 is 0 Å². The van der Waals surface area contributed by atoms with E-state index in [0.717, 1.165) is 17.7 Å². The molecule has 1 aliphatic carbocycles. The minimum Gasteiger partial charge on any atom is -0.489 e. The molecule has 5 rings (SSSR count). The highest BCUT2D eigenvalue weighted by Crippen LogP contribution is 2.31. The van der Waals surface area contributed by atoms with Gasteiger partial charge in [-0.25, -0.2) is 0 Å². The zero-order valence-corrected chi connectivity index (χ0v) is 13.4. The number of ether oxygens (including phenoxy) is 1. The third kappa shape index (κ3) is 2.71. The lowest BCUT2D eigenvalue weighted by Crippen LogP contribution is -2.00. The molecule has 3 aromatic carbocycles. The largest absolute Gasteiger partial charge is 0.489 e. The van der Waals surface area contributed by atoms with E-state index < -0.39 is 0 Å². The lowest BCUT2D eigenvalue weighted by Gasteiger charge is -2.14. The highest BCUT2D eigenvalue weighted by Gasteiger charge is 2.17. The maximum absolute atomic E-state index is 11.1. The Balaban J connectivity index is 0.000000129. The lowest BCUT2D eigenvalue weighted by molar-refractivity contribution is 0.0994. The van der Waals surface area contributed by atoms with Gasteiger partial charge in [0.25, 0.3) is 0 Å². The summed E-state index contributed by atoms with van der Waals surface area (Å²) in [7, 11) is 0. The number of rotatable bonds is 0. The number of carbonyl (C=O) groups is 1. The van der Waals surface area contributed by atoms with Crippen LogP contribution in [0.15, 0.2) is 66.7 Å². The van der Waals surface area contributed by atoms with Gasteiger partial charge in [-0.15, -0.1) is 0 Å². The van der Waals surface area contributed by atoms with Gasteiger partial charge in [0.05, 0.1) is 0 Å². The fourth-order valence-corrected chi connectivity index (χ4v) is 3.27. The molecule has 0 atom stereocenters. The first-order chi connectivity index (χ1) is 11.8. The Morgan fingerprint density at radius 1 is 0.833 bits per heavy atom. The average Bonchev–Trinajstić information content (AvgIpc) is 3.04. The van der Waals surface area contributed by atoms with E-state index in [4.69, 9.17) is 4.74 Å². The first kappa shape index (κ1) is 14.7. The Kier molecular flexibility index (Phi) is 3.87. The molecule has 0 aromatic heterocycles. The lowest BCUT2D eigenvalue weighted by atomic mass is 10.0. The maximum Gasteiger partial charge on any atom is 0.163 e. The summed E-state index contributed by atoms with van der Waals surface area (Å²) in [6.45, 7) is 0.686. The first-order valence-electron chi connectivity index (χ1n) is 8.25. The van der Waals surface area contributed by atoms with Crippen molar-refractivity contribution in [1.29, 1.82) is 0 Å². The van der Waals surface area contributed by atoms with Crippen LogP contribution in [-0.4, -0.2) is 12.4 Å². The Morgan fingerprint density at radius 3 is 2.58 bits per heavy atom. The average molecular weight is 314 g/mol. The van der Waals surface area contributed by atoms with Gasteiger partial charge in [0.15, 0.2) is 5.78 Å². The molecule has 0 N–H and O–H groups in total. The number of hydrogen-bond acceptors (Lipinski definition) is 2. The van der Waals surface area contributed by atoms with E-state index in [0.29, 0.717) is 18.8 Å². The normalized spacial score (nSPS) is 14.4. The summed E-state index contributed by atoms with van der Waals surface area (Å²) >= 11 is 0. The van der Waals surface area contributed by atoms with E-state index in [1.165, 1.54) is 21.9 Å². The molecular formula is C22H18O2. The van der Waals surface area contributed by atoms with Gasteiger partial charge < -0.3 is 4.74 Å². The second-order valence-electron chi connectivity index (χ2n) is 5.99. The summed E-state index contributed by atoms with van der Waals surface area (Å²) in [6, 6.07) is 20.4. The number of carbonyl (C=O) groups excluding carboxylic acids is 1. The van der Waals surface area contributed by atoms with Crippen LogP contribution in [0.4, 0.5) is 0 Å². The second-order valence-corrected chi connectivity index (χ2v) is 5.99. The van der Waals surface area contributed by atoms with Crippen molar-refractivity contribution < 1.29 is 9.53 Å². The Morgan fingerprint density at radius 2 is 1.67 bits per heavy atom. The number of ketones is 1. The molecule has 0 radical (unpaired) electrons. The zero-order chi connectivity index (χ0) is 16.4. The number of benzene rings is 3. The van der Waals surface area contributed by atoms with Crippen LogP contribution >= 0.6 is 0 Å². The molecule has 0 saturated carbocycles. The van der Waals surface area contributed by atoms with E-state index >= 15 is 0 Å². The Labute approximate surface area is 141 Å². The highest BCUT2D eigenvalue weighted by atomic mass is 16.5. The van der Waals surface area contributed by atoms with Crippen molar-refractivity contribution >= 4 is 22.6 Å². The monoisotopic (exact) mass is 314 g/mol. The summed E-state index contributed by atoms with van der Waals surface area (Å²) in [5.41, 5.74) is 3.35. The van der Waals surface area contributed by atoms with Crippen LogP contribution in [0.2, 0.25) is 0 Å². The van der Waals surface area contributed by atoms with Crippen LogP contribution in [-0.2, 0) is 6.42 Å². The first-order valence-corrected chi connectivity index (χ1v) is 8.25. The zero-order valence-electron chi connectivity index (χ0n) is 13.4. The number of Topliss-reactive ketones (excluding diaryl/α,β-unsaturated/α-hetero) is 1. The van der Waals surface area contributed by atoms with Gasteiger partial charge in [0, 0.05) is 17.5 Å². The van der Waals surface area contributed by atoms with Crippen molar-refractivity contribution in [3.05, 3.63) is 83.4 Å². The summed E-state index contributed by atoms with van der Waals surface area (Å²) in [6.07, 6.45) is 5.84. The SMILES string of the molecule is C1=Cc2c(ccc3ccccc23)OC1.O=C1CCc2ccccc21. The molecule has 118 valence electrons. The maximum atomic E-state index is 11.1. The number of aryl methyl sites for hydroxylation is 1. The topological polar surface area (TPSA) is 26.3 Å². The summed E-state index contributed by atoms with van der Waals surface area (Å²) in [5.74, 6) is 1.29. The van der Waals surface area contributed by atoms with Crippen molar-refractivity contribution in [3.63, 3.8) is 0 Å². The van der Waals surface area contributed by atoms with E-state index in [-0.39, 0.29) is 0 Å². The molecule has 0 saturated heterocycles. The molecule has 2 nitrogen and oxygen atoms in total. The third-order valence-corrected chi connectivity index (χ3v) is 4.49. The van der Waals surface area contributed by atoms with Crippen LogP contribution in [0, 0.1) is 0 Å². The molecule has 1 heterocycles. The Bertz CT molecular complexity index is 938. The van der Waals surface area contributed by atoms with Gasteiger partial charge in [-0.2, -0.15) is 0 Å². The van der Waals surface area contributed by atoms with E-state index in [1.54, 1.807) is 0 Å². The van der Waals surface area contributed by atoms with Gasteiger partial charge in [0.1, 0.15) is 12.4 Å². The van der Waals surface area contributed by atoms with Crippen LogP contribution in [0.1, 0.15) is 27.9 Å². The minimum absolute atomic E-state index is 0.301. The van der Waals surface area contributed by atoms with E-state index in [1.807, 2.05) is 30.3 Å². The van der Waals surface area contributed by atoms with Crippen LogP contribution in [0.3, 0.4) is 0 Å². The molecule has 3 aromatic rings. The van der Waals surface area contributed by atoms with Crippen LogP contribution in [0.25, 0.3) is 16.8 Å². The van der Waals surface area contributed by atoms with E-state index in [2.05, 4.69) is 42.5 Å². The van der Waals surface area contributed by atoms with Crippen molar-refractivity contribution in [1.82, 2.24) is 0 Å². The van der Waals surface area contributed by atoms with Crippen molar-refractivity contribution in [2.24, 2.45) is 0 Å². The number of hydrogen-bond donors (Lipinski definition) is 0. The molecule has 0 amide bonds. The summed E-state index contributed by atoms with van der Waals surface area (Å²) in [5, 5.41) is 2.53. The van der Waals surface area contributed by atoms with Crippen molar-refractivity contribution in [3.8, 4) is 5.75 Å². The van der Waals surface area contributed by atoms with Gasteiger partial charge in [-0.3, -0.25) is 4.79 Å². The van der Waals surface area contributed by atoms with Gasteiger partial charge in [-0.05, 0) is 34.9 Å². The number of fused-ring (bicyclic) bond motifs is 4. The molecule has 24 heavy (non-hydrogen) atoms. The highest BCUT2D eigenvalue weighted by molar-refractivity contribution is 6.00. The summed E-state index contributed by atoms with van der Waals surface area (Å²) in [4.78, 5) is 11.1. The predicted molar refractivity (Wildman–Crippen MR) is 97.6 cm³/mol. The standard InChI is InChI=1S/C13H10O.C9H8O/c1-2-5-11-10(4-1)7-8-13-12(11)6-3-9-14-13;10-9-6-5-7-3-1-2-4-8(7)9/h1-8H,9H2;1-4H,5-6H2. The fourth-order valence-electron chi connectivity index (χ4n) is 3.27. The molecule has 0 fully saturated rings. The Hall–Kier alpha value is -2.87. The molecule has 0 unspecified atom stereocenters. The van der Waals surface area contributed by atoms with Crippen LogP contribution in [0.5, 0.6) is 5.75 Å². The van der Waals surface area contributed by atoms with Crippen molar-refractivity contribution in [2.75, 3.05) is 6.61 Å². The quantitative estimate of drug-likeness (QED) is 0.579.